The van der Waals surface area contributed by atoms with E-state index >= 15 is 0 Å². The molecule has 1 aliphatic rings. The SMILES string of the molecule is CSc1cccc(NC(=O)c2cc(C(F)(F)F)c(C)nc2N2CCCC(=C(F)F)C2)c1. The summed E-state index contributed by atoms with van der Waals surface area (Å²) in [6.45, 7) is 1.30. The van der Waals surface area contributed by atoms with Crippen molar-refractivity contribution in [1.29, 1.82) is 0 Å². The van der Waals surface area contributed by atoms with E-state index < -0.39 is 23.7 Å². The van der Waals surface area contributed by atoms with Crippen molar-refractivity contribution in [3.8, 4) is 0 Å². The van der Waals surface area contributed by atoms with Crippen LogP contribution in [0.5, 0.6) is 0 Å². The Labute approximate surface area is 180 Å². The van der Waals surface area contributed by atoms with Crippen molar-refractivity contribution in [3.63, 3.8) is 0 Å². The lowest BCUT2D eigenvalue weighted by Gasteiger charge is -2.31. The van der Waals surface area contributed by atoms with Gasteiger partial charge in [-0.25, -0.2) is 4.98 Å². The third-order valence-electron chi connectivity index (χ3n) is 4.93. The maximum atomic E-state index is 13.5. The van der Waals surface area contributed by atoms with Gasteiger partial charge in [-0.15, -0.1) is 11.8 Å². The normalized spacial score (nSPS) is 14.5. The molecule has 1 N–H and O–H groups in total. The molecule has 1 saturated heterocycles. The number of alkyl halides is 3. The largest absolute Gasteiger partial charge is 0.418 e. The number of aryl methyl sites for hydroxylation is 1. The summed E-state index contributed by atoms with van der Waals surface area (Å²) >= 11 is 1.45. The van der Waals surface area contributed by atoms with Crippen molar-refractivity contribution in [2.24, 2.45) is 0 Å². The van der Waals surface area contributed by atoms with Crippen molar-refractivity contribution in [1.82, 2.24) is 4.98 Å². The van der Waals surface area contributed by atoms with Crippen LogP contribution in [0.15, 0.2) is 46.9 Å². The number of amides is 1. The molecule has 2 heterocycles. The molecule has 0 saturated carbocycles. The van der Waals surface area contributed by atoms with Crippen molar-refractivity contribution in [3.05, 3.63) is 58.8 Å². The van der Waals surface area contributed by atoms with E-state index in [0.29, 0.717) is 18.7 Å². The van der Waals surface area contributed by atoms with Gasteiger partial charge >= 0.3 is 6.18 Å². The predicted molar refractivity (Wildman–Crippen MR) is 111 cm³/mol. The van der Waals surface area contributed by atoms with E-state index in [2.05, 4.69) is 10.3 Å². The average Bonchev–Trinajstić information content (AvgIpc) is 2.72. The predicted octanol–water partition coefficient (Wildman–Crippen LogP) is 6.13. The molecule has 166 valence electrons. The fraction of sp³-hybridized carbons (Fsp3) is 0.333. The molecular weight excluding hydrogens is 437 g/mol. The first-order valence-corrected chi connectivity index (χ1v) is 10.6. The van der Waals surface area contributed by atoms with E-state index in [4.69, 9.17) is 0 Å². The number of hydrogen-bond acceptors (Lipinski definition) is 4. The molecule has 0 bridgehead atoms. The Kier molecular flexibility index (Phi) is 6.88. The molecule has 0 atom stereocenters. The molecule has 0 aliphatic carbocycles. The lowest BCUT2D eigenvalue weighted by Crippen LogP contribution is -2.34. The van der Waals surface area contributed by atoms with Gasteiger partial charge in [0.05, 0.1) is 16.8 Å². The van der Waals surface area contributed by atoms with Crippen LogP contribution in [0.25, 0.3) is 0 Å². The van der Waals surface area contributed by atoms with Gasteiger partial charge < -0.3 is 10.2 Å². The zero-order valence-corrected chi connectivity index (χ0v) is 17.6. The van der Waals surface area contributed by atoms with Crippen LogP contribution in [0, 0.1) is 6.92 Å². The van der Waals surface area contributed by atoms with E-state index in [1.165, 1.54) is 23.6 Å². The number of rotatable bonds is 4. The number of nitrogens with zero attached hydrogens (tertiary/aromatic N) is 2. The minimum Gasteiger partial charge on any atom is -0.352 e. The van der Waals surface area contributed by atoms with E-state index in [0.717, 1.165) is 11.0 Å². The fourth-order valence-electron chi connectivity index (χ4n) is 3.39. The molecular formula is C21H20F5N3OS. The molecule has 4 nitrogen and oxygen atoms in total. The van der Waals surface area contributed by atoms with Gasteiger partial charge in [-0.3, -0.25) is 4.79 Å². The summed E-state index contributed by atoms with van der Waals surface area (Å²) < 4.78 is 66.7. The Morgan fingerprint density at radius 2 is 1.97 bits per heavy atom. The molecule has 1 fully saturated rings. The Morgan fingerprint density at radius 1 is 1.23 bits per heavy atom. The third kappa shape index (κ3) is 5.36. The molecule has 1 aliphatic heterocycles. The molecule has 3 rings (SSSR count). The van der Waals surface area contributed by atoms with Crippen LogP contribution < -0.4 is 10.2 Å². The number of piperidine rings is 1. The van der Waals surface area contributed by atoms with Gasteiger partial charge in [0, 0.05) is 29.2 Å². The number of benzene rings is 1. The van der Waals surface area contributed by atoms with Crippen LogP contribution in [-0.4, -0.2) is 30.2 Å². The number of hydrogen-bond donors (Lipinski definition) is 1. The first-order valence-electron chi connectivity index (χ1n) is 9.42. The molecule has 0 spiro atoms. The van der Waals surface area contributed by atoms with E-state index in [1.807, 2.05) is 12.3 Å². The quantitative estimate of drug-likeness (QED) is 0.443. The second-order valence-electron chi connectivity index (χ2n) is 7.07. The van der Waals surface area contributed by atoms with E-state index in [1.54, 1.807) is 18.2 Å². The summed E-state index contributed by atoms with van der Waals surface area (Å²) in [7, 11) is 0. The van der Waals surface area contributed by atoms with Crippen LogP contribution in [0.3, 0.4) is 0 Å². The highest BCUT2D eigenvalue weighted by atomic mass is 32.2. The first kappa shape index (κ1) is 23.1. The summed E-state index contributed by atoms with van der Waals surface area (Å²) in [4.78, 5) is 19.3. The first-order chi connectivity index (χ1) is 14.6. The summed E-state index contributed by atoms with van der Waals surface area (Å²) in [5.41, 5.74) is -1.37. The van der Waals surface area contributed by atoms with Crippen LogP contribution in [-0.2, 0) is 6.18 Å². The van der Waals surface area contributed by atoms with E-state index in [-0.39, 0.29) is 35.6 Å². The number of halogens is 5. The molecule has 10 heteroatoms. The van der Waals surface area contributed by atoms with Crippen molar-refractivity contribution >= 4 is 29.2 Å². The van der Waals surface area contributed by atoms with Gasteiger partial charge in [0.2, 0.25) is 0 Å². The standard InChI is InChI=1S/C21H20F5N3OS/c1-12-17(21(24,25)26)10-16(20(30)28-14-6-3-7-15(9-14)31-2)19(27-12)29-8-4-5-13(11-29)18(22)23/h3,6-7,9-10H,4-5,8,11H2,1-2H3,(H,28,30). The molecule has 0 unspecified atom stereocenters. The highest BCUT2D eigenvalue weighted by Crippen LogP contribution is 2.36. The van der Waals surface area contributed by atoms with Gasteiger partial charge in [-0.05, 0) is 50.3 Å². The second-order valence-corrected chi connectivity index (χ2v) is 7.95. The van der Waals surface area contributed by atoms with Crippen LogP contribution in [0.2, 0.25) is 0 Å². The monoisotopic (exact) mass is 457 g/mol. The smallest absolute Gasteiger partial charge is 0.352 e. The Morgan fingerprint density at radius 3 is 2.61 bits per heavy atom. The summed E-state index contributed by atoms with van der Waals surface area (Å²) in [5.74, 6) is -0.828. The minimum absolute atomic E-state index is 0.0394. The third-order valence-corrected chi connectivity index (χ3v) is 5.65. The van der Waals surface area contributed by atoms with Gasteiger partial charge in [0.1, 0.15) is 5.82 Å². The van der Waals surface area contributed by atoms with Crippen molar-refractivity contribution in [2.75, 3.05) is 29.6 Å². The molecule has 1 aromatic heterocycles. The molecule has 1 aromatic carbocycles. The number of carbonyl (C=O) groups excluding carboxylic acids is 1. The lowest BCUT2D eigenvalue weighted by atomic mass is 10.0. The van der Waals surface area contributed by atoms with Crippen LogP contribution in [0.1, 0.15) is 34.5 Å². The van der Waals surface area contributed by atoms with Crippen LogP contribution in [0.4, 0.5) is 33.5 Å². The minimum atomic E-state index is -4.71. The summed E-state index contributed by atoms with van der Waals surface area (Å²) in [5, 5.41) is 2.60. The number of nitrogens with one attached hydrogen (secondary N) is 1. The Bertz CT molecular complexity index is 1020. The van der Waals surface area contributed by atoms with Gasteiger partial charge in [0.25, 0.3) is 12.0 Å². The van der Waals surface area contributed by atoms with Gasteiger partial charge in [-0.2, -0.15) is 22.0 Å². The Balaban J connectivity index is 2.05. The van der Waals surface area contributed by atoms with Gasteiger partial charge in [-0.1, -0.05) is 6.07 Å². The molecule has 31 heavy (non-hydrogen) atoms. The maximum absolute atomic E-state index is 13.5. The fourth-order valence-corrected chi connectivity index (χ4v) is 3.85. The zero-order chi connectivity index (χ0) is 22.8. The highest BCUT2D eigenvalue weighted by molar-refractivity contribution is 7.98. The van der Waals surface area contributed by atoms with Crippen molar-refractivity contribution < 1.29 is 26.7 Å². The summed E-state index contributed by atoms with van der Waals surface area (Å²) in [6.07, 6.45) is -4.09. The molecule has 2 aromatic rings. The zero-order valence-electron chi connectivity index (χ0n) is 16.8. The summed E-state index contributed by atoms with van der Waals surface area (Å²) in [6, 6.07) is 7.59. The molecule has 0 radical (unpaired) electrons. The van der Waals surface area contributed by atoms with E-state index in [9.17, 15) is 26.7 Å². The number of carbonyl (C=O) groups is 1. The van der Waals surface area contributed by atoms with Gasteiger partial charge in [0.15, 0.2) is 0 Å². The lowest BCUT2D eigenvalue weighted by molar-refractivity contribution is -0.138. The number of pyridine rings is 1. The van der Waals surface area contributed by atoms with Crippen LogP contribution >= 0.6 is 11.8 Å². The number of thioether (sulfide) groups is 1. The average molecular weight is 457 g/mol. The molecule has 1 amide bonds. The topological polar surface area (TPSA) is 45.2 Å². The number of aromatic nitrogens is 1. The highest BCUT2D eigenvalue weighted by Gasteiger charge is 2.36. The Hall–Kier alpha value is -2.62. The maximum Gasteiger partial charge on any atom is 0.418 e. The number of anilines is 2. The van der Waals surface area contributed by atoms with Crippen molar-refractivity contribution in [2.45, 2.75) is 30.8 Å². The second kappa shape index (κ2) is 9.25.